The molecule has 1 atom stereocenters. The fourth-order valence-electron chi connectivity index (χ4n) is 3.37. The molecular weight excluding hydrogens is 484 g/mol. The van der Waals surface area contributed by atoms with Crippen molar-refractivity contribution in [2.45, 2.75) is 6.04 Å². The maximum atomic E-state index is 13.4. The van der Waals surface area contributed by atoms with Gasteiger partial charge in [-0.1, -0.05) is 41.7 Å². The molecule has 2 aromatic carbocycles. The number of methoxy groups -OCH3 is 2. The molecule has 31 heavy (non-hydrogen) atoms. The predicted molar refractivity (Wildman–Crippen MR) is 120 cm³/mol. The van der Waals surface area contributed by atoms with Crippen molar-refractivity contribution >= 4 is 39.3 Å². The number of hydrogen-bond donors (Lipinski definition) is 1. The Morgan fingerprint density at radius 1 is 1.26 bits per heavy atom. The van der Waals surface area contributed by atoms with Crippen LogP contribution >= 0.6 is 27.3 Å². The topological polar surface area (TPSA) is 90.1 Å². The molecule has 0 saturated carbocycles. The number of rotatable bonds is 4. The van der Waals surface area contributed by atoms with Crippen molar-refractivity contribution in [1.82, 2.24) is 4.57 Å². The number of ether oxygens (including phenoxy) is 2. The molecule has 9 heteroatoms. The van der Waals surface area contributed by atoms with Crippen molar-refractivity contribution in [3.63, 3.8) is 0 Å². The van der Waals surface area contributed by atoms with E-state index in [9.17, 15) is 14.7 Å². The first-order chi connectivity index (χ1) is 14.9. The van der Waals surface area contributed by atoms with Gasteiger partial charge in [0.15, 0.2) is 16.3 Å². The van der Waals surface area contributed by atoms with E-state index in [1.807, 2.05) is 30.3 Å². The number of nitrogens with zero attached hydrogens (tertiary/aromatic N) is 2. The van der Waals surface area contributed by atoms with E-state index in [0.29, 0.717) is 19.4 Å². The second-order valence-corrected chi connectivity index (χ2v) is 8.50. The van der Waals surface area contributed by atoms with Gasteiger partial charge in [0.2, 0.25) is 0 Å². The van der Waals surface area contributed by atoms with E-state index < -0.39 is 12.0 Å². The van der Waals surface area contributed by atoms with Crippen LogP contribution in [0.3, 0.4) is 0 Å². The highest BCUT2D eigenvalue weighted by molar-refractivity contribution is 9.10. The monoisotopic (exact) mass is 500 g/mol. The van der Waals surface area contributed by atoms with Gasteiger partial charge in [0.1, 0.15) is 0 Å². The Labute approximate surface area is 189 Å². The zero-order chi connectivity index (χ0) is 22.1. The molecule has 7 nitrogen and oxygen atoms in total. The van der Waals surface area contributed by atoms with E-state index >= 15 is 0 Å². The van der Waals surface area contributed by atoms with E-state index in [4.69, 9.17) is 9.47 Å². The highest BCUT2D eigenvalue weighted by Gasteiger charge is 2.30. The molecule has 0 amide bonds. The minimum Gasteiger partial charge on any atom is -0.503 e. The lowest BCUT2D eigenvalue weighted by atomic mass is 9.98. The number of phenolic OH excluding ortho intramolecular Hbond substituents is 1. The van der Waals surface area contributed by atoms with E-state index in [2.05, 4.69) is 20.9 Å². The van der Waals surface area contributed by atoms with Crippen molar-refractivity contribution in [2.75, 3.05) is 14.2 Å². The Morgan fingerprint density at radius 3 is 2.68 bits per heavy atom. The number of carbonyl (C=O) groups is 1. The molecule has 0 saturated heterocycles. The average molecular weight is 501 g/mol. The molecule has 1 unspecified atom stereocenters. The van der Waals surface area contributed by atoms with Gasteiger partial charge in [-0.25, -0.2) is 9.79 Å². The van der Waals surface area contributed by atoms with Gasteiger partial charge in [-0.2, -0.15) is 0 Å². The molecule has 1 N–H and O–H groups in total. The molecule has 0 fully saturated rings. The number of esters is 1. The fraction of sp³-hybridized carbons (Fsp3) is 0.136. The molecule has 0 bridgehead atoms. The number of aromatic nitrogens is 1. The number of carbonyl (C=O) groups excluding carboxylic acids is 1. The lowest BCUT2D eigenvalue weighted by molar-refractivity contribution is -0.136. The minimum atomic E-state index is -0.645. The Morgan fingerprint density at radius 2 is 2.00 bits per heavy atom. The van der Waals surface area contributed by atoms with Crippen molar-refractivity contribution in [1.29, 1.82) is 0 Å². The van der Waals surface area contributed by atoms with Gasteiger partial charge < -0.3 is 14.6 Å². The van der Waals surface area contributed by atoms with Gasteiger partial charge in [-0.05, 0) is 45.3 Å². The van der Waals surface area contributed by atoms with Gasteiger partial charge in [-0.15, -0.1) is 0 Å². The Hall–Kier alpha value is -3.17. The van der Waals surface area contributed by atoms with E-state index in [0.717, 1.165) is 5.56 Å². The Balaban J connectivity index is 1.92. The first-order valence-electron chi connectivity index (χ1n) is 9.15. The van der Waals surface area contributed by atoms with Crippen LogP contribution in [0.5, 0.6) is 11.5 Å². The molecule has 3 aromatic rings. The summed E-state index contributed by atoms with van der Waals surface area (Å²) in [4.78, 5) is 30.6. The summed E-state index contributed by atoms with van der Waals surface area (Å²) in [6.45, 7) is 0. The summed E-state index contributed by atoms with van der Waals surface area (Å²) in [6.07, 6.45) is 3.15. The van der Waals surface area contributed by atoms with Crippen molar-refractivity contribution in [3.8, 4) is 11.5 Å². The van der Waals surface area contributed by atoms with Crippen LogP contribution in [0.1, 0.15) is 17.2 Å². The van der Waals surface area contributed by atoms with Gasteiger partial charge in [0.05, 0.1) is 34.8 Å². The first-order valence-corrected chi connectivity index (χ1v) is 10.8. The molecule has 0 spiro atoms. The molecular formula is C22H17BrN2O5S. The number of thiazole rings is 1. The summed E-state index contributed by atoms with van der Waals surface area (Å²) in [5, 5.41) is 10.0. The highest BCUT2D eigenvalue weighted by atomic mass is 79.9. The average Bonchev–Trinajstić information content (AvgIpc) is 3.10. The van der Waals surface area contributed by atoms with Crippen molar-refractivity contribution < 1.29 is 19.4 Å². The second-order valence-electron chi connectivity index (χ2n) is 6.64. The van der Waals surface area contributed by atoms with Crippen molar-refractivity contribution in [3.05, 3.63) is 89.5 Å². The third-order valence-electron chi connectivity index (χ3n) is 4.81. The van der Waals surface area contributed by atoms with Crippen LogP contribution in [0.15, 0.2) is 68.5 Å². The van der Waals surface area contributed by atoms with Crippen LogP contribution < -0.4 is 19.6 Å². The molecule has 0 radical (unpaired) electrons. The van der Waals surface area contributed by atoms with Crippen molar-refractivity contribution in [2.24, 2.45) is 4.99 Å². The molecule has 1 aromatic heterocycles. The molecule has 1 aliphatic rings. The Bertz CT molecular complexity index is 1380. The number of halogens is 1. The van der Waals surface area contributed by atoms with Crippen LogP contribution in [-0.4, -0.2) is 29.9 Å². The van der Waals surface area contributed by atoms with Gasteiger partial charge >= 0.3 is 5.97 Å². The number of benzene rings is 2. The summed E-state index contributed by atoms with van der Waals surface area (Å²) < 4.78 is 12.5. The first kappa shape index (κ1) is 21.1. The third-order valence-corrected chi connectivity index (χ3v) is 6.41. The summed E-state index contributed by atoms with van der Waals surface area (Å²) in [7, 11) is 2.75. The van der Waals surface area contributed by atoms with Gasteiger partial charge in [-0.3, -0.25) is 9.36 Å². The molecule has 2 heterocycles. The summed E-state index contributed by atoms with van der Waals surface area (Å²) in [5.41, 5.74) is 1.43. The Kier molecular flexibility index (Phi) is 5.79. The van der Waals surface area contributed by atoms with E-state index in [1.165, 1.54) is 36.3 Å². The van der Waals surface area contributed by atoms with Crippen LogP contribution in [0.4, 0.5) is 0 Å². The maximum absolute atomic E-state index is 13.4. The quantitative estimate of drug-likeness (QED) is 0.555. The second kappa shape index (κ2) is 8.52. The van der Waals surface area contributed by atoms with Crippen LogP contribution in [-0.2, 0) is 9.53 Å². The third kappa shape index (κ3) is 3.82. The SMILES string of the molecule is COC(=O)C1=CN=c2s/c(=C/c3cc(Br)c(O)c(OC)c3)c(=O)n2C1c1ccccc1. The minimum absolute atomic E-state index is 0.0205. The summed E-state index contributed by atoms with van der Waals surface area (Å²) in [5.74, 6) is -0.282. The highest BCUT2D eigenvalue weighted by Crippen LogP contribution is 2.35. The van der Waals surface area contributed by atoms with Crippen LogP contribution in [0.25, 0.3) is 6.08 Å². The van der Waals surface area contributed by atoms with Gasteiger partial charge in [0.25, 0.3) is 5.56 Å². The normalized spacial score (nSPS) is 15.6. The van der Waals surface area contributed by atoms with E-state index in [1.54, 1.807) is 18.2 Å². The predicted octanol–water partition coefficient (Wildman–Crippen LogP) is 2.49. The maximum Gasteiger partial charge on any atom is 0.337 e. The fourth-order valence-corrected chi connectivity index (χ4v) is 4.80. The molecule has 0 aliphatic carbocycles. The molecule has 1 aliphatic heterocycles. The number of fused-ring (bicyclic) bond motifs is 1. The standard InChI is InChI=1S/C22H17BrN2O5S/c1-29-16-9-12(8-15(23)19(16)26)10-17-20(27)25-18(13-6-4-3-5-7-13)14(21(28)30-2)11-24-22(25)31-17/h3-11,18,26H,1-2H3/b17-10+. The summed E-state index contributed by atoms with van der Waals surface area (Å²) >= 11 is 4.50. The smallest absolute Gasteiger partial charge is 0.337 e. The zero-order valence-corrected chi connectivity index (χ0v) is 18.9. The zero-order valence-electron chi connectivity index (χ0n) is 16.5. The van der Waals surface area contributed by atoms with Crippen LogP contribution in [0.2, 0.25) is 0 Å². The number of phenols is 1. The van der Waals surface area contributed by atoms with Gasteiger partial charge in [0, 0.05) is 6.20 Å². The molecule has 158 valence electrons. The summed E-state index contributed by atoms with van der Waals surface area (Å²) in [6, 6.07) is 11.9. The van der Waals surface area contributed by atoms with E-state index in [-0.39, 0.29) is 22.6 Å². The number of aromatic hydroxyl groups is 1. The molecule has 4 rings (SSSR count). The lowest BCUT2D eigenvalue weighted by Crippen LogP contribution is -2.39. The van der Waals surface area contributed by atoms with Crippen LogP contribution in [0, 0.1) is 0 Å². The lowest BCUT2D eigenvalue weighted by Gasteiger charge is -2.22. The number of hydrogen-bond acceptors (Lipinski definition) is 7. The largest absolute Gasteiger partial charge is 0.503 e.